The summed E-state index contributed by atoms with van der Waals surface area (Å²) < 4.78 is 3.63. The molecule has 2 rings (SSSR count). The van der Waals surface area contributed by atoms with Gasteiger partial charge < -0.3 is 4.57 Å². The number of aryl methyl sites for hydroxylation is 2. The van der Waals surface area contributed by atoms with Crippen molar-refractivity contribution in [2.45, 2.75) is 25.5 Å². The van der Waals surface area contributed by atoms with Crippen LogP contribution in [0.1, 0.15) is 21.7 Å². The lowest BCUT2D eigenvalue weighted by molar-refractivity contribution is 0.102. The van der Waals surface area contributed by atoms with Crippen LogP contribution < -0.4 is 0 Å². The maximum Gasteiger partial charge on any atom is 0.209 e. The van der Waals surface area contributed by atoms with Gasteiger partial charge >= 0.3 is 0 Å². The average molecular weight is 291 g/mol. The number of allylic oxidation sites excluding steroid dienone is 1. The summed E-state index contributed by atoms with van der Waals surface area (Å²) in [7, 11) is 1.75. The third-order valence-corrected chi connectivity index (χ3v) is 4.11. The maximum atomic E-state index is 12.3. The first-order valence-electron chi connectivity index (χ1n) is 6.20. The molecule has 0 aliphatic heterocycles. The van der Waals surface area contributed by atoms with Gasteiger partial charge in [-0.25, -0.2) is 4.68 Å². The van der Waals surface area contributed by atoms with E-state index in [-0.39, 0.29) is 5.78 Å². The van der Waals surface area contributed by atoms with Gasteiger partial charge in [0.2, 0.25) is 5.16 Å². The Kier molecular flexibility index (Phi) is 4.39. The van der Waals surface area contributed by atoms with E-state index < -0.39 is 0 Å². The molecule has 7 heteroatoms. The summed E-state index contributed by atoms with van der Waals surface area (Å²) in [6.07, 6.45) is 1.83. The van der Waals surface area contributed by atoms with E-state index in [2.05, 4.69) is 26.7 Å². The van der Waals surface area contributed by atoms with Crippen LogP contribution in [0.15, 0.2) is 23.9 Å². The van der Waals surface area contributed by atoms with Crippen LogP contribution in [0.4, 0.5) is 0 Å². The van der Waals surface area contributed by atoms with Gasteiger partial charge in [0.15, 0.2) is 5.78 Å². The van der Waals surface area contributed by atoms with Crippen molar-refractivity contribution < 1.29 is 4.79 Å². The van der Waals surface area contributed by atoms with Gasteiger partial charge in [-0.3, -0.25) is 4.79 Å². The topological polar surface area (TPSA) is 65.6 Å². The Bertz CT molecular complexity index is 643. The van der Waals surface area contributed by atoms with Gasteiger partial charge in [-0.1, -0.05) is 17.8 Å². The molecule has 0 saturated heterocycles. The van der Waals surface area contributed by atoms with Crippen LogP contribution in [0.25, 0.3) is 0 Å². The van der Waals surface area contributed by atoms with E-state index in [0.29, 0.717) is 17.5 Å². The van der Waals surface area contributed by atoms with Crippen LogP contribution in [-0.2, 0) is 13.6 Å². The predicted molar refractivity (Wildman–Crippen MR) is 78.0 cm³/mol. The van der Waals surface area contributed by atoms with E-state index in [0.717, 1.165) is 17.0 Å². The summed E-state index contributed by atoms with van der Waals surface area (Å²) in [6, 6.07) is 1.93. The Labute approximate surface area is 121 Å². The summed E-state index contributed by atoms with van der Waals surface area (Å²) in [6.45, 7) is 8.40. The molecule has 0 aliphatic carbocycles. The molecule has 2 heterocycles. The number of hydrogen-bond donors (Lipinski definition) is 0. The molecule has 0 atom stereocenters. The first-order chi connectivity index (χ1) is 9.54. The fourth-order valence-electron chi connectivity index (χ4n) is 2.04. The Morgan fingerprint density at radius 3 is 2.85 bits per heavy atom. The lowest BCUT2D eigenvalue weighted by Gasteiger charge is -2.06. The summed E-state index contributed by atoms with van der Waals surface area (Å²) in [5, 5.41) is 11.8. The standard InChI is InChI=1S/C13H17N5OS/c1-5-6-18-9(2)7-11(10(18)3)12(19)8-20-13-14-15-16-17(13)4/h5,7H,1,6,8H2,2-4H3. The third-order valence-electron chi connectivity index (χ3n) is 3.10. The highest BCUT2D eigenvalue weighted by atomic mass is 32.2. The fraction of sp³-hybridized carbons (Fsp3) is 0.385. The fourth-order valence-corrected chi connectivity index (χ4v) is 2.78. The molecule has 2 aromatic heterocycles. The molecule has 0 unspecified atom stereocenters. The second-order valence-electron chi connectivity index (χ2n) is 4.48. The Hall–Kier alpha value is -1.89. The minimum atomic E-state index is 0.0846. The number of tetrazole rings is 1. The number of thioether (sulfide) groups is 1. The highest BCUT2D eigenvalue weighted by Gasteiger charge is 2.16. The molecule has 0 bridgehead atoms. The monoisotopic (exact) mass is 291 g/mol. The number of rotatable bonds is 6. The van der Waals surface area contributed by atoms with Crippen molar-refractivity contribution in [3.63, 3.8) is 0 Å². The Balaban J connectivity index is 2.12. The van der Waals surface area contributed by atoms with Crippen molar-refractivity contribution in [1.82, 2.24) is 24.8 Å². The second kappa shape index (κ2) is 6.04. The van der Waals surface area contributed by atoms with Crippen LogP contribution in [0.5, 0.6) is 0 Å². The molecular formula is C13H17N5OS. The van der Waals surface area contributed by atoms with Crippen LogP contribution in [-0.4, -0.2) is 36.3 Å². The summed E-state index contributed by atoms with van der Waals surface area (Å²) >= 11 is 1.34. The van der Waals surface area contributed by atoms with Crippen LogP contribution in [0.3, 0.4) is 0 Å². The number of ketones is 1. The molecule has 20 heavy (non-hydrogen) atoms. The van der Waals surface area contributed by atoms with Gasteiger partial charge in [-0.05, 0) is 30.3 Å². The van der Waals surface area contributed by atoms with Gasteiger partial charge in [-0.15, -0.1) is 11.7 Å². The normalized spacial score (nSPS) is 10.8. The zero-order valence-electron chi connectivity index (χ0n) is 11.8. The largest absolute Gasteiger partial charge is 0.345 e. The van der Waals surface area contributed by atoms with E-state index in [1.807, 2.05) is 26.0 Å². The summed E-state index contributed by atoms with van der Waals surface area (Å²) in [4.78, 5) is 12.3. The highest BCUT2D eigenvalue weighted by Crippen LogP contribution is 2.20. The Morgan fingerprint density at radius 2 is 2.25 bits per heavy atom. The number of Topliss-reactive ketones (excluding diaryl/α,β-unsaturated/α-hetero) is 1. The molecule has 0 N–H and O–H groups in total. The van der Waals surface area contributed by atoms with Crippen molar-refractivity contribution in [2.75, 3.05) is 5.75 Å². The quantitative estimate of drug-likeness (QED) is 0.461. The molecule has 0 aliphatic rings. The van der Waals surface area contributed by atoms with E-state index in [4.69, 9.17) is 0 Å². The minimum absolute atomic E-state index is 0.0846. The van der Waals surface area contributed by atoms with E-state index in [1.54, 1.807) is 11.7 Å². The molecule has 2 aromatic rings. The maximum absolute atomic E-state index is 12.3. The Morgan fingerprint density at radius 1 is 1.50 bits per heavy atom. The minimum Gasteiger partial charge on any atom is -0.345 e. The van der Waals surface area contributed by atoms with Crippen LogP contribution in [0.2, 0.25) is 0 Å². The average Bonchev–Trinajstić information content (AvgIpc) is 2.94. The third kappa shape index (κ3) is 2.82. The van der Waals surface area contributed by atoms with E-state index in [1.165, 1.54) is 11.8 Å². The molecule has 6 nitrogen and oxygen atoms in total. The first kappa shape index (κ1) is 14.5. The van der Waals surface area contributed by atoms with Gasteiger partial charge in [0.25, 0.3) is 0 Å². The van der Waals surface area contributed by atoms with Crippen LogP contribution >= 0.6 is 11.8 Å². The van der Waals surface area contributed by atoms with Gasteiger partial charge in [0, 0.05) is 30.5 Å². The van der Waals surface area contributed by atoms with Crippen molar-refractivity contribution >= 4 is 17.5 Å². The van der Waals surface area contributed by atoms with E-state index >= 15 is 0 Å². The summed E-state index contributed by atoms with van der Waals surface area (Å²) in [5.41, 5.74) is 2.80. The number of nitrogens with zero attached hydrogens (tertiary/aromatic N) is 5. The SMILES string of the molecule is C=CCn1c(C)cc(C(=O)CSc2nnnn2C)c1C. The number of carbonyl (C=O) groups excluding carboxylic acids is 1. The number of carbonyl (C=O) groups is 1. The van der Waals surface area contributed by atoms with Crippen LogP contribution in [0, 0.1) is 13.8 Å². The highest BCUT2D eigenvalue weighted by molar-refractivity contribution is 7.99. The lowest BCUT2D eigenvalue weighted by atomic mass is 10.2. The zero-order chi connectivity index (χ0) is 14.7. The van der Waals surface area contributed by atoms with Crippen molar-refractivity contribution in [2.24, 2.45) is 7.05 Å². The smallest absolute Gasteiger partial charge is 0.209 e. The van der Waals surface area contributed by atoms with Gasteiger partial charge in [-0.2, -0.15) is 0 Å². The zero-order valence-corrected chi connectivity index (χ0v) is 12.6. The molecule has 0 amide bonds. The van der Waals surface area contributed by atoms with E-state index in [9.17, 15) is 4.79 Å². The lowest BCUT2D eigenvalue weighted by Crippen LogP contribution is -2.07. The second-order valence-corrected chi connectivity index (χ2v) is 5.42. The van der Waals surface area contributed by atoms with Gasteiger partial charge in [0.05, 0.1) is 5.75 Å². The predicted octanol–water partition coefficient (Wildman–Crippen LogP) is 1.79. The van der Waals surface area contributed by atoms with Crippen molar-refractivity contribution in [3.05, 3.63) is 35.7 Å². The molecule has 0 saturated carbocycles. The molecule has 0 aromatic carbocycles. The van der Waals surface area contributed by atoms with Gasteiger partial charge in [0.1, 0.15) is 0 Å². The number of hydrogen-bond acceptors (Lipinski definition) is 5. The van der Waals surface area contributed by atoms with Crippen molar-refractivity contribution in [1.29, 1.82) is 0 Å². The molecular weight excluding hydrogens is 274 g/mol. The molecule has 0 spiro atoms. The molecule has 0 radical (unpaired) electrons. The number of aromatic nitrogens is 5. The summed E-state index contributed by atoms with van der Waals surface area (Å²) in [5.74, 6) is 0.411. The molecule has 0 fully saturated rings. The molecule has 106 valence electrons. The first-order valence-corrected chi connectivity index (χ1v) is 7.19. The van der Waals surface area contributed by atoms with Crippen molar-refractivity contribution in [3.8, 4) is 0 Å².